The standard InChI is InChI=1S/C10H18N4O/c1-2-9-13-8(11)7-10(14-9)12-5-3-4-6-15/h7,15H,2-6H2,1H3,(H3,11,12,13,14). The number of hydrogen-bond acceptors (Lipinski definition) is 5. The summed E-state index contributed by atoms with van der Waals surface area (Å²) in [6, 6.07) is 1.72. The number of anilines is 2. The highest BCUT2D eigenvalue weighted by atomic mass is 16.2. The predicted octanol–water partition coefficient (Wildman–Crippen LogP) is 0.806. The van der Waals surface area contributed by atoms with Crippen molar-refractivity contribution in [3.05, 3.63) is 11.9 Å². The Labute approximate surface area is 89.7 Å². The third-order valence-corrected chi connectivity index (χ3v) is 2.00. The van der Waals surface area contributed by atoms with Crippen LogP contribution in [-0.4, -0.2) is 28.2 Å². The maximum absolute atomic E-state index is 8.62. The van der Waals surface area contributed by atoms with E-state index in [-0.39, 0.29) is 6.61 Å². The van der Waals surface area contributed by atoms with E-state index in [0.29, 0.717) is 5.82 Å². The Morgan fingerprint density at radius 3 is 2.87 bits per heavy atom. The van der Waals surface area contributed by atoms with Gasteiger partial charge in [-0.2, -0.15) is 0 Å². The molecule has 1 aromatic heterocycles. The molecular weight excluding hydrogens is 192 g/mol. The van der Waals surface area contributed by atoms with E-state index in [4.69, 9.17) is 10.8 Å². The van der Waals surface area contributed by atoms with E-state index in [1.54, 1.807) is 6.07 Å². The zero-order chi connectivity index (χ0) is 11.1. The Hall–Kier alpha value is -1.36. The number of nitrogens with one attached hydrogen (secondary N) is 1. The van der Waals surface area contributed by atoms with Gasteiger partial charge in [0, 0.05) is 25.6 Å². The molecule has 0 fully saturated rings. The fraction of sp³-hybridized carbons (Fsp3) is 0.600. The summed E-state index contributed by atoms with van der Waals surface area (Å²) in [4.78, 5) is 8.37. The molecule has 0 radical (unpaired) electrons. The molecule has 0 aliphatic carbocycles. The molecule has 0 aromatic carbocycles. The molecule has 0 aliphatic rings. The van der Waals surface area contributed by atoms with Crippen LogP contribution in [0.1, 0.15) is 25.6 Å². The lowest BCUT2D eigenvalue weighted by molar-refractivity contribution is 0.286. The summed E-state index contributed by atoms with van der Waals surface area (Å²) in [7, 11) is 0. The normalized spacial score (nSPS) is 10.3. The smallest absolute Gasteiger partial charge is 0.132 e. The van der Waals surface area contributed by atoms with Crippen molar-refractivity contribution in [1.82, 2.24) is 9.97 Å². The average molecular weight is 210 g/mol. The van der Waals surface area contributed by atoms with Gasteiger partial charge in [-0.05, 0) is 12.8 Å². The van der Waals surface area contributed by atoms with E-state index in [9.17, 15) is 0 Å². The largest absolute Gasteiger partial charge is 0.396 e. The van der Waals surface area contributed by atoms with Crippen LogP contribution >= 0.6 is 0 Å². The minimum atomic E-state index is 0.230. The fourth-order valence-corrected chi connectivity index (χ4v) is 1.22. The summed E-state index contributed by atoms with van der Waals surface area (Å²) in [5, 5.41) is 11.8. The van der Waals surface area contributed by atoms with Crippen LogP contribution in [-0.2, 0) is 6.42 Å². The minimum absolute atomic E-state index is 0.230. The molecular formula is C10H18N4O. The van der Waals surface area contributed by atoms with Crippen LogP contribution in [0.3, 0.4) is 0 Å². The number of aliphatic hydroxyl groups excluding tert-OH is 1. The summed E-state index contributed by atoms with van der Waals surface area (Å²) in [5.41, 5.74) is 5.63. The van der Waals surface area contributed by atoms with Crippen molar-refractivity contribution in [2.24, 2.45) is 0 Å². The molecule has 0 spiro atoms. The number of rotatable bonds is 6. The molecule has 5 heteroatoms. The first-order chi connectivity index (χ1) is 7.26. The quantitative estimate of drug-likeness (QED) is 0.605. The molecule has 5 nitrogen and oxygen atoms in total. The van der Waals surface area contributed by atoms with Gasteiger partial charge in [0.15, 0.2) is 0 Å². The Kier molecular flexibility index (Phi) is 4.83. The van der Waals surface area contributed by atoms with Crippen LogP contribution in [0, 0.1) is 0 Å². The SMILES string of the molecule is CCc1nc(N)cc(NCCCCO)n1. The number of unbranched alkanes of at least 4 members (excludes halogenated alkanes) is 1. The highest BCUT2D eigenvalue weighted by Crippen LogP contribution is 2.08. The number of nitrogens with zero attached hydrogens (tertiary/aromatic N) is 2. The predicted molar refractivity (Wildman–Crippen MR) is 60.6 cm³/mol. The third kappa shape index (κ3) is 4.12. The van der Waals surface area contributed by atoms with Gasteiger partial charge in [0.25, 0.3) is 0 Å². The van der Waals surface area contributed by atoms with Gasteiger partial charge < -0.3 is 16.2 Å². The number of nitrogen functional groups attached to an aromatic ring is 1. The molecule has 4 N–H and O–H groups in total. The first-order valence-electron chi connectivity index (χ1n) is 5.24. The summed E-state index contributed by atoms with van der Waals surface area (Å²) in [6.07, 6.45) is 2.49. The second-order valence-electron chi connectivity index (χ2n) is 3.31. The van der Waals surface area contributed by atoms with Crippen molar-refractivity contribution in [2.45, 2.75) is 26.2 Å². The first-order valence-corrected chi connectivity index (χ1v) is 5.24. The van der Waals surface area contributed by atoms with Crippen LogP contribution in [0.2, 0.25) is 0 Å². The highest BCUT2D eigenvalue weighted by molar-refractivity contribution is 5.44. The molecule has 1 rings (SSSR count). The van der Waals surface area contributed by atoms with Gasteiger partial charge in [-0.1, -0.05) is 6.92 Å². The van der Waals surface area contributed by atoms with E-state index in [2.05, 4.69) is 15.3 Å². The van der Waals surface area contributed by atoms with Crippen LogP contribution in [0.25, 0.3) is 0 Å². The molecule has 0 atom stereocenters. The van der Waals surface area contributed by atoms with Gasteiger partial charge in [-0.15, -0.1) is 0 Å². The number of aliphatic hydroxyl groups is 1. The van der Waals surface area contributed by atoms with Gasteiger partial charge in [0.05, 0.1) is 0 Å². The number of hydrogen-bond donors (Lipinski definition) is 3. The van der Waals surface area contributed by atoms with Crippen molar-refractivity contribution < 1.29 is 5.11 Å². The third-order valence-electron chi connectivity index (χ3n) is 2.00. The number of aromatic nitrogens is 2. The van der Waals surface area contributed by atoms with Crippen molar-refractivity contribution in [2.75, 3.05) is 24.2 Å². The molecule has 1 heterocycles. The van der Waals surface area contributed by atoms with E-state index >= 15 is 0 Å². The molecule has 0 amide bonds. The zero-order valence-electron chi connectivity index (χ0n) is 9.03. The van der Waals surface area contributed by atoms with Gasteiger partial charge >= 0.3 is 0 Å². The van der Waals surface area contributed by atoms with Crippen molar-refractivity contribution >= 4 is 11.6 Å². The lowest BCUT2D eigenvalue weighted by Gasteiger charge is -2.06. The second-order valence-corrected chi connectivity index (χ2v) is 3.31. The Morgan fingerprint density at radius 2 is 2.20 bits per heavy atom. The molecule has 0 aliphatic heterocycles. The number of nitrogens with two attached hydrogens (primary N) is 1. The Balaban J connectivity index is 2.49. The van der Waals surface area contributed by atoms with Crippen LogP contribution in [0.4, 0.5) is 11.6 Å². The topological polar surface area (TPSA) is 84.1 Å². The van der Waals surface area contributed by atoms with Gasteiger partial charge in [0.1, 0.15) is 17.5 Å². The zero-order valence-corrected chi connectivity index (χ0v) is 9.03. The molecule has 0 saturated heterocycles. The van der Waals surface area contributed by atoms with E-state index in [1.165, 1.54) is 0 Å². The molecule has 0 bridgehead atoms. The van der Waals surface area contributed by atoms with E-state index < -0.39 is 0 Å². The highest BCUT2D eigenvalue weighted by Gasteiger charge is 1.99. The van der Waals surface area contributed by atoms with Crippen LogP contribution < -0.4 is 11.1 Å². The maximum atomic E-state index is 8.62. The van der Waals surface area contributed by atoms with Crippen LogP contribution in [0.15, 0.2) is 6.07 Å². The van der Waals surface area contributed by atoms with E-state index in [0.717, 1.165) is 37.4 Å². The second kappa shape index (κ2) is 6.19. The first kappa shape index (κ1) is 11.7. The van der Waals surface area contributed by atoms with Crippen molar-refractivity contribution in [1.29, 1.82) is 0 Å². The van der Waals surface area contributed by atoms with Crippen LogP contribution in [0.5, 0.6) is 0 Å². The average Bonchev–Trinajstić information content (AvgIpc) is 2.23. The minimum Gasteiger partial charge on any atom is -0.396 e. The van der Waals surface area contributed by atoms with Crippen molar-refractivity contribution in [3.63, 3.8) is 0 Å². The lowest BCUT2D eigenvalue weighted by Crippen LogP contribution is -2.07. The summed E-state index contributed by atoms with van der Waals surface area (Å²) in [5.74, 6) is 2.00. The Bertz CT molecular complexity index is 303. The number of aryl methyl sites for hydroxylation is 1. The molecule has 84 valence electrons. The summed E-state index contributed by atoms with van der Waals surface area (Å²) >= 11 is 0. The fourth-order valence-electron chi connectivity index (χ4n) is 1.22. The van der Waals surface area contributed by atoms with Gasteiger partial charge in [-0.25, -0.2) is 9.97 Å². The lowest BCUT2D eigenvalue weighted by atomic mass is 10.3. The molecule has 0 saturated carbocycles. The Morgan fingerprint density at radius 1 is 1.40 bits per heavy atom. The van der Waals surface area contributed by atoms with Gasteiger partial charge in [0.2, 0.25) is 0 Å². The molecule has 15 heavy (non-hydrogen) atoms. The maximum Gasteiger partial charge on any atom is 0.132 e. The molecule has 0 unspecified atom stereocenters. The molecule has 1 aromatic rings. The summed E-state index contributed by atoms with van der Waals surface area (Å²) < 4.78 is 0. The van der Waals surface area contributed by atoms with Crippen molar-refractivity contribution in [3.8, 4) is 0 Å². The summed E-state index contributed by atoms with van der Waals surface area (Å²) in [6.45, 7) is 3.01. The monoisotopic (exact) mass is 210 g/mol. The van der Waals surface area contributed by atoms with Gasteiger partial charge in [-0.3, -0.25) is 0 Å². The van der Waals surface area contributed by atoms with E-state index in [1.807, 2.05) is 6.92 Å².